The van der Waals surface area contributed by atoms with Gasteiger partial charge in [-0.05, 0) is 94.3 Å². The van der Waals surface area contributed by atoms with E-state index in [-0.39, 0.29) is 0 Å². The lowest BCUT2D eigenvalue weighted by atomic mass is 9.91. The molecule has 0 saturated carbocycles. The first-order chi connectivity index (χ1) is 23.4. The molecule has 0 unspecified atom stereocenters. The Balaban J connectivity index is 1.37. The molecule has 0 aliphatic heterocycles. The SMILES string of the molecule is C[Si](C)(C)c1ccc(N(c2ccccc2)c2ccc3ccc4c(N(c5ccccc5)c5ccc(C#N)cc5)ccc5ccc2c3c54)cc1. The summed E-state index contributed by atoms with van der Waals surface area (Å²) in [4.78, 5) is 4.69. The van der Waals surface area contributed by atoms with Gasteiger partial charge in [-0.15, -0.1) is 0 Å². The molecule has 0 heterocycles. The first-order valence-corrected chi connectivity index (χ1v) is 19.9. The van der Waals surface area contributed by atoms with Crippen molar-refractivity contribution in [2.75, 3.05) is 9.80 Å². The summed E-state index contributed by atoms with van der Waals surface area (Å²) in [6, 6.07) is 58.6. The fraction of sp³-hybridized carbons (Fsp3) is 0.0682. The van der Waals surface area contributed by atoms with E-state index in [9.17, 15) is 5.26 Å². The molecule has 0 bridgehead atoms. The van der Waals surface area contributed by atoms with E-state index in [0.29, 0.717) is 5.56 Å². The molecule has 0 saturated heterocycles. The number of anilines is 6. The molecule has 0 amide bonds. The van der Waals surface area contributed by atoms with Crippen LogP contribution in [0.3, 0.4) is 0 Å². The second kappa shape index (κ2) is 11.7. The van der Waals surface area contributed by atoms with Gasteiger partial charge in [0.25, 0.3) is 0 Å². The Hall–Kier alpha value is -5.89. The van der Waals surface area contributed by atoms with E-state index < -0.39 is 8.07 Å². The molecule has 0 radical (unpaired) electrons. The lowest BCUT2D eigenvalue weighted by Gasteiger charge is -2.29. The zero-order chi connectivity index (χ0) is 32.8. The average Bonchev–Trinajstić information content (AvgIpc) is 3.13. The average molecular weight is 634 g/mol. The van der Waals surface area contributed by atoms with Crippen LogP contribution < -0.4 is 15.0 Å². The normalized spacial score (nSPS) is 11.6. The van der Waals surface area contributed by atoms with Crippen LogP contribution >= 0.6 is 0 Å². The van der Waals surface area contributed by atoms with Crippen molar-refractivity contribution in [3.05, 3.63) is 163 Å². The van der Waals surface area contributed by atoms with Crippen molar-refractivity contribution in [1.29, 1.82) is 5.26 Å². The highest BCUT2D eigenvalue weighted by Gasteiger charge is 2.22. The van der Waals surface area contributed by atoms with Gasteiger partial charge in [0.05, 0.1) is 31.1 Å². The molecule has 0 aliphatic rings. The standard InChI is InChI=1S/C44H35N3Si/c1-48(2,3)38-24-22-37(23-25-38)47(35-12-8-5-9-13-35)42-29-19-33-16-26-39-41(28-18-32-17-27-40(42)44(33)43(32)39)46(34-10-6-4-7-11-34)36-20-14-31(30-45)15-21-36/h4-29H,1-3H3. The second-order valence-electron chi connectivity index (χ2n) is 13.4. The summed E-state index contributed by atoms with van der Waals surface area (Å²) in [6.45, 7) is 7.19. The van der Waals surface area contributed by atoms with Gasteiger partial charge in [-0.2, -0.15) is 5.26 Å². The fourth-order valence-electron chi connectivity index (χ4n) is 6.96. The topological polar surface area (TPSA) is 30.3 Å². The molecule has 230 valence electrons. The number of rotatable bonds is 7. The Bertz CT molecular complexity index is 2420. The van der Waals surface area contributed by atoms with Gasteiger partial charge < -0.3 is 9.80 Å². The van der Waals surface area contributed by atoms with Crippen molar-refractivity contribution in [2.45, 2.75) is 19.6 Å². The van der Waals surface area contributed by atoms with Crippen molar-refractivity contribution in [1.82, 2.24) is 0 Å². The first-order valence-electron chi connectivity index (χ1n) is 16.4. The van der Waals surface area contributed by atoms with Crippen LogP contribution in [0.15, 0.2) is 158 Å². The Labute approximate surface area is 282 Å². The molecule has 8 rings (SSSR count). The second-order valence-corrected chi connectivity index (χ2v) is 18.5. The van der Waals surface area contributed by atoms with E-state index in [4.69, 9.17) is 0 Å². The lowest BCUT2D eigenvalue weighted by molar-refractivity contribution is 1.29. The summed E-state index contributed by atoms with van der Waals surface area (Å²) in [5.74, 6) is 0. The molecule has 48 heavy (non-hydrogen) atoms. The molecular weight excluding hydrogens is 599 g/mol. The molecule has 3 nitrogen and oxygen atoms in total. The minimum Gasteiger partial charge on any atom is -0.310 e. The Morgan fingerprint density at radius 3 is 1.25 bits per heavy atom. The van der Waals surface area contributed by atoms with Crippen LogP contribution in [0.1, 0.15) is 5.56 Å². The van der Waals surface area contributed by atoms with Gasteiger partial charge in [0.2, 0.25) is 0 Å². The highest BCUT2D eigenvalue weighted by Crippen LogP contribution is 2.47. The molecule has 0 fully saturated rings. The largest absolute Gasteiger partial charge is 0.310 e. The third kappa shape index (κ3) is 5.06. The molecule has 0 aromatic heterocycles. The number of nitriles is 1. The maximum atomic E-state index is 9.49. The van der Waals surface area contributed by atoms with Gasteiger partial charge in [-0.3, -0.25) is 0 Å². The lowest BCUT2D eigenvalue weighted by Crippen LogP contribution is -2.37. The molecular formula is C44H35N3Si. The summed E-state index contributed by atoms with van der Waals surface area (Å²) < 4.78 is 0. The van der Waals surface area contributed by atoms with Crippen LogP contribution in [0.5, 0.6) is 0 Å². The molecule has 4 heteroatoms. The van der Waals surface area contributed by atoms with Gasteiger partial charge in [0.15, 0.2) is 0 Å². The zero-order valence-corrected chi connectivity index (χ0v) is 28.4. The van der Waals surface area contributed by atoms with Crippen LogP contribution in [0.2, 0.25) is 19.6 Å². The number of hydrogen-bond acceptors (Lipinski definition) is 3. The van der Waals surface area contributed by atoms with E-state index >= 15 is 0 Å². The number of para-hydroxylation sites is 2. The quantitative estimate of drug-likeness (QED) is 0.129. The highest BCUT2D eigenvalue weighted by atomic mass is 28.3. The van der Waals surface area contributed by atoms with Crippen molar-refractivity contribution in [2.24, 2.45) is 0 Å². The van der Waals surface area contributed by atoms with E-state index in [1.165, 1.54) is 37.5 Å². The van der Waals surface area contributed by atoms with Crippen LogP contribution in [-0.4, -0.2) is 8.07 Å². The van der Waals surface area contributed by atoms with E-state index in [1.807, 2.05) is 30.3 Å². The number of hydrogen-bond donors (Lipinski definition) is 0. The summed E-state index contributed by atoms with van der Waals surface area (Å²) in [5, 5.41) is 18.3. The number of nitrogens with zero attached hydrogens (tertiary/aromatic N) is 3. The summed E-state index contributed by atoms with van der Waals surface area (Å²) in [6.07, 6.45) is 0. The maximum Gasteiger partial charge on any atom is 0.0991 e. The van der Waals surface area contributed by atoms with Crippen molar-refractivity contribution >= 4 is 79.7 Å². The predicted molar refractivity (Wildman–Crippen MR) is 207 cm³/mol. The third-order valence-corrected chi connectivity index (χ3v) is 11.4. The van der Waals surface area contributed by atoms with Gasteiger partial charge in [0.1, 0.15) is 0 Å². The zero-order valence-electron chi connectivity index (χ0n) is 27.4. The molecule has 0 atom stereocenters. The van der Waals surface area contributed by atoms with Gasteiger partial charge in [-0.1, -0.05) is 110 Å². The summed E-state index contributed by atoms with van der Waals surface area (Å²) >= 11 is 0. The smallest absolute Gasteiger partial charge is 0.0991 e. The summed E-state index contributed by atoms with van der Waals surface area (Å²) in [7, 11) is -1.44. The predicted octanol–water partition coefficient (Wildman–Crippen LogP) is 11.9. The van der Waals surface area contributed by atoms with Crippen molar-refractivity contribution in [3.63, 3.8) is 0 Å². The van der Waals surface area contributed by atoms with Crippen molar-refractivity contribution in [3.8, 4) is 6.07 Å². The van der Waals surface area contributed by atoms with Crippen LogP contribution in [-0.2, 0) is 0 Å². The Morgan fingerprint density at radius 2 is 0.833 bits per heavy atom. The monoisotopic (exact) mass is 633 g/mol. The third-order valence-electron chi connectivity index (χ3n) is 9.38. The summed E-state index contributed by atoms with van der Waals surface area (Å²) in [5.41, 5.74) is 7.25. The van der Waals surface area contributed by atoms with E-state index in [0.717, 1.165) is 34.1 Å². The molecule has 8 aromatic rings. The van der Waals surface area contributed by atoms with Gasteiger partial charge in [0, 0.05) is 33.5 Å². The highest BCUT2D eigenvalue weighted by molar-refractivity contribution is 6.88. The molecule has 0 spiro atoms. The van der Waals surface area contributed by atoms with Gasteiger partial charge in [-0.25, -0.2) is 0 Å². The minimum atomic E-state index is -1.44. The van der Waals surface area contributed by atoms with Gasteiger partial charge >= 0.3 is 0 Å². The van der Waals surface area contributed by atoms with Crippen LogP contribution in [0.4, 0.5) is 34.1 Å². The molecule has 0 N–H and O–H groups in total. The van der Waals surface area contributed by atoms with E-state index in [1.54, 1.807) is 0 Å². The first kappa shape index (κ1) is 29.5. The Morgan fingerprint density at radius 1 is 0.438 bits per heavy atom. The molecule has 0 aliphatic carbocycles. The van der Waals surface area contributed by atoms with Crippen LogP contribution in [0.25, 0.3) is 32.3 Å². The fourth-order valence-corrected chi connectivity index (χ4v) is 8.13. The van der Waals surface area contributed by atoms with Crippen molar-refractivity contribution < 1.29 is 0 Å². The Kier molecular flexibility index (Phi) is 7.21. The number of benzene rings is 8. The minimum absolute atomic E-state index is 0.646. The maximum absolute atomic E-state index is 9.49. The van der Waals surface area contributed by atoms with E-state index in [2.05, 4.69) is 163 Å². The molecule has 8 aromatic carbocycles. The van der Waals surface area contributed by atoms with Crippen LogP contribution in [0, 0.1) is 11.3 Å².